The average molecular weight is 413 g/mol. The van der Waals surface area contributed by atoms with E-state index in [9.17, 15) is 8.78 Å². The van der Waals surface area contributed by atoms with E-state index in [1.165, 1.54) is 4.57 Å². The maximum Gasteiger partial charge on any atom is 0.256 e. The van der Waals surface area contributed by atoms with Crippen LogP contribution in [-0.4, -0.2) is 54.8 Å². The van der Waals surface area contributed by atoms with E-state index in [2.05, 4.69) is 25.4 Å². The van der Waals surface area contributed by atoms with Crippen LogP contribution in [0.5, 0.6) is 0 Å². The van der Waals surface area contributed by atoms with Gasteiger partial charge in [0, 0.05) is 36.7 Å². The van der Waals surface area contributed by atoms with Gasteiger partial charge in [0.2, 0.25) is 5.95 Å². The molecule has 0 amide bonds. The molecule has 5 rings (SSSR count). The molecule has 1 aliphatic rings. The highest BCUT2D eigenvalue weighted by atomic mass is 19.3. The van der Waals surface area contributed by atoms with Crippen LogP contribution in [0.3, 0.4) is 0 Å². The lowest BCUT2D eigenvalue weighted by atomic mass is 9.89. The highest BCUT2D eigenvalue weighted by Crippen LogP contribution is 2.29. The van der Waals surface area contributed by atoms with Gasteiger partial charge in [0.25, 0.3) is 6.43 Å². The number of hydrogen-bond donors (Lipinski definition) is 1. The van der Waals surface area contributed by atoms with E-state index in [0.29, 0.717) is 35.1 Å². The lowest BCUT2D eigenvalue weighted by molar-refractivity contribution is 0.0326. The molecule has 10 heteroatoms. The molecule has 156 valence electrons. The monoisotopic (exact) mass is 413 g/mol. The summed E-state index contributed by atoms with van der Waals surface area (Å²) in [4.78, 5) is 13.1. The quantitative estimate of drug-likeness (QED) is 0.522. The first-order chi connectivity index (χ1) is 14.5. The number of halogens is 2. The summed E-state index contributed by atoms with van der Waals surface area (Å²) in [6.45, 7) is 1.30. The summed E-state index contributed by atoms with van der Waals surface area (Å²) >= 11 is 0. The van der Waals surface area contributed by atoms with Gasteiger partial charge in [0.15, 0.2) is 5.65 Å². The number of anilines is 1. The maximum absolute atomic E-state index is 13.0. The Morgan fingerprint density at radius 2 is 2.07 bits per heavy atom. The van der Waals surface area contributed by atoms with Gasteiger partial charge in [-0.05, 0) is 31.9 Å². The third-order valence-electron chi connectivity index (χ3n) is 5.61. The van der Waals surface area contributed by atoms with Crippen molar-refractivity contribution in [3.05, 3.63) is 36.5 Å². The van der Waals surface area contributed by atoms with E-state index >= 15 is 0 Å². The minimum Gasteiger partial charge on any atom is -0.381 e. The van der Waals surface area contributed by atoms with Gasteiger partial charge in [0.05, 0.1) is 29.9 Å². The molecule has 0 spiro atoms. The number of rotatable bonds is 6. The molecule has 30 heavy (non-hydrogen) atoms. The number of imidazole rings is 1. The molecule has 1 aliphatic carbocycles. The fourth-order valence-corrected chi connectivity index (χ4v) is 3.90. The number of ether oxygens (including phenoxy) is 1. The topological polar surface area (TPSA) is 82.2 Å². The summed E-state index contributed by atoms with van der Waals surface area (Å²) in [5.74, 6) is 1.07. The summed E-state index contributed by atoms with van der Waals surface area (Å²) < 4.78 is 34.5. The van der Waals surface area contributed by atoms with E-state index in [0.717, 1.165) is 29.5 Å². The molecule has 0 radical (unpaired) electrons. The predicted molar refractivity (Wildman–Crippen MR) is 108 cm³/mol. The second kappa shape index (κ2) is 7.28. The van der Waals surface area contributed by atoms with Crippen LogP contribution in [0.25, 0.3) is 27.8 Å². The van der Waals surface area contributed by atoms with Crippen molar-refractivity contribution in [3.8, 4) is 11.1 Å². The predicted octanol–water partition coefficient (Wildman–Crippen LogP) is 3.30. The van der Waals surface area contributed by atoms with Gasteiger partial charge in [-0.2, -0.15) is 0 Å². The second-order valence-corrected chi connectivity index (χ2v) is 7.54. The number of pyridine rings is 1. The summed E-state index contributed by atoms with van der Waals surface area (Å²) in [6, 6.07) is 4.07. The standard InChI is InChI=1S/C20H21F2N7O/c1-11-25-19-16(28(11)10-18(21)22)5-12(8-23-19)15-3-4-29-17(15)9-24-20(27-29)26-13-6-14(7-13)30-2/h3-5,8-9,13-14,18H,6-7,10H2,1-2H3,(H,26,27)/t13-,14+. The van der Waals surface area contributed by atoms with Crippen LogP contribution >= 0.6 is 0 Å². The van der Waals surface area contributed by atoms with Crippen molar-refractivity contribution in [2.75, 3.05) is 12.4 Å². The first kappa shape index (κ1) is 18.9. The molecule has 0 saturated heterocycles. The highest BCUT2D eigenvalue weighted by molar-refractivity contribution is 5.85. The Morgan fingerprint density at radius 1 is 1.23 bits per heavy atom. The number of nitrogens with one attached hydrogen (secondary N) is 1. The first-order valence-corrected chi connectivity index (χ1v) is 9.77. The molecule has 4 aromatic rings. The van der Waals surface area contributed by atoms with Gasteiger partial charge in [-0.25, -0.2) is 28.2 Å². The Kier molecular flexibility index (Phi) is 4.58. The summed E-state index contributed by atoms with van der Waals surface area (Å²) in [5.41, 5.74) is 3.52. The number of methoxy groups -OCH3 is 1. The largest absolute Gasteiger partial charge is 0.381 e. The fourth-order valence-electron chi connectivity index (χ4n) is 3.90. The molecule has 0 bridgehead atoms. The van der Waals surface area contributed by atoms with Crippen molar-refractivity contribution in [1.29, 1.82) is 0 Å². The molecule has 4 heterocycles. The lowest BCUT2D eigenvalue weighted by Crippen LogP contribution is -2.40. The smallest absolute Gasteiger partial charge is 0.256 e. The molecule has 0 aromatic carbocycles. The maximum atomic E-state index is 13.0. The number of hydrogen-bond acceptors (Lipinski definition) is 6. The lowest BCUT2D eigenvalue weighted by Gasteiger charge is -2.34. The number of aryl methyl sites for hydroxylation is 1. The van der Waals surface area contributed by atoms with E-state index in [4.69, 9.17) is 4.74 Å². The van der Waals surface area contributed by atoms with E-state index in [1.54, 1.807) is 30.9 Å². The van der Waals surface area contributed by atoms with Gasteiger partial charge in [-0.3, -0.25) is 0 Å². The van der Waals surface area contributed by atoms with Gasteiger partial charge < -0.3 is 14.6 Å². The zero-order valence-corrected chi connectivity index (χ0v) is 16.6. The van der Waals surface area contributed by atoms with E-state index < -0.39 is 13.0 Å². The number of nitrogens with zero attached hydrogens (tertiary/aromatic N) is 6. The van der Waals surface area contributed by atoms with Crippen LogP contribution in [0.1, 0.15) is 18.7 Å². The van der Waals surface area contributed by atoms with Crippen LogP contribution in [-0.2, 0) is 11.3 Å². The fraction of sp³-hybridized carbons (Fsp3) is 0.400. The van der Waals surface area contributed by atoms with Crippen molar-refractivity contribution >= 4 is 22.6 Å². The third-order valence-corrected chi connectivity index (χ3v) is 5.61. The molecule has 1 N–H and O–H groups in total. The van der Waals surface area contributed by atoms with Gasteiger partial charge in [0.1, 0.15) is 5.82 Å². The zero-order chi connectivity index (χ0) is 20.8. The van der Waals surface area contributed by atoms with Crippen molar-refractivity contribution in [1.82, 2.24) is 29.1 Å². The number of alkyl halides is 2. The van der Waals surface area contributed by atoms with Crippen LogP contribution in [0, 0.1) is 6.92 Å². The summed E-state index contributed by atoms with van der Waals surface area (Å²) in [5, 5.41) is 7.85. The van der Waals surface area contributed by atoms with Crippen molar-refractivity contribution in [2.45, 2.75) is 44.9 Å². The molecule has 1 fully saturated rings. The molecule has 0 unspecified atom stereocenters. The van der Waals surface area contributed by atoms with Gasteiger partial charge in [-0.15, -0.1) is 5.10 Å². The summed E-state index contributed by atoms with van der Waals surface area (Å²) in [7, 11) is 1.72. The molecule has 0 aliphatic heterocycles. The van der Waals surface area contributed by atoms with Crippen LogP contribution in [0.2, 0.25) is 0 Å². The van der Waals surface area contributed by atoms with E-state index in [1.807, 2.05) is 18.3 Å². The van der Waals surface area contributed by atoms with Gasteiger partial charge in [-0.1, -0.05) is 0 Å². The van der Waals surface area contributed by atoms with Crippen LogP contribution < -0.4 is 5.32 Å². The Labute approximate surface area is 170 Å². The number of fused-ring (bicyclic) bond motifs is 2. The zero-order valence-electron chi connectivity index (χ0n) is 16.6. The van der Waals surface area contributed by atoms with E-state index in [-0.39, 0.29) is 0 Å². The summed E-state index contributed by atoms with van der Waals surface area (Å²) in [6.07, 6.45) is 5.01. The molecular weight excluding hydrogens is 392 g/mol. The molecule has 4 aromatic heterocycles. The third kappa shape index (κ3) is 3.26. The Bertz CT molecular complexity index is 1210. The van der Waals surface area contributed by atoms with Crippen molar-refractivity contribution < 1.29 is 13.5 Å². The minimum atomic E-state index is -2.46. The SMILES string of the molecule is CO[C@H]1C[C@@H](Nc2ncc3c(-c4cnc5nc(C)n(CC(F)F)c5c4)ccn3n2)C1. The molecular formula is C20H21F2N7O. The van der Waals surface area contributed by atoms with Crippen molar-refractivity contribution in [3.63, 3.8) is 0 Å². The average Bonchev–Trinajstić information content (AvgIpc) is 3.24. The number of aromatic nitrogens is 6. The molecule has 0 atom stereocenters. The Hall–Kier alpha value is -3.14. The van der Waals surface area contributed by atoms with Crippen molar-refractivity contribution in [2.24, 2.45) is 0 Å². The highest BCUT2D eigenvalue weighted by Gasteiger charge is 2.29. The minimum absolute atomic E-state index is 0.300. The van der Waals surface area contributed by atoms with Gasteiger partial charge >= 0.3 is 0 Å². The van der Waals surface area contributed by atoms with Crippen LogP contribution in [0.4, 0.5) is 14.7 Å². The second-order valence-electron chi connectivity index (χ2n) is 7.54. The Morgan fingerprint density at radius 3 is 2.83 bits per heavy atom. The molecule has 8 nitrogen and oxygen atoms in total. The van der Waals surface area contributed by atoms with Crippen LogP contribution in [0.15, 0.2) is 30.7 Å². The Balaban J connectivity index is 1.46. The molecule has 1 saturated carbocycles. The first-order valence-electron chi connectivity index (χ1n) is 9.77. The normalized spacial score (nSPS) is 19.0.